The summed E-state index contributed by atoms with van der Waals surface area (Å²) in [5.74, 6) is 0.987. The molecule has 0 spiro atoms. The minimum Gasteiger partial charge on any atom is -0.494 e. The lowest BCUT2D eigenvalue weighted by molar-refractivity contribution is -0.122. The van der Waals surface area contributed by atoms with Gasteiger partial charge in [-0.05, 0) is 73.3 Å². The first-order valence-corrected chi connectivity index (χ1v) is 13.2. The molecule has 4 aromatic carbocycles. The molecule has 0 saturated heterocycles. The molecule has 0 bridgehead atoms. The first kappa shape index (κ1) is 25.1. The van der Waals surface area contributed by atoms with Gasteiger partial charge in [-0.15, -0.1) is 0 Å². The number of sulfonamides is 1. The summed E-state index contributed by atoms with van der Waals surface area (Å²) >= 11 is 0. The predicted octanol–water partition coefficient (Wildman–Crippen LogP) is 5.84. The maximum Gasteiger partial charge on any atom is 0.265 e. The van der Waals surface area contributed by atoms with Crippen LogP contribution in [0.15, 0.2) is 95.9 Å². The Kier molecular flexibility index (Phi) is 7.75. The van der Waals surface area contributed by atoms with Crippen LogP contribution in [0.25, 0.3) is 10.8 Å². The lowest BCUT2D eigenvalue weighted by Crippen LogP contribution is -2.32. The summed E-state index contributed by atoms with van der Waals surface area (Å²) in [5, 5.41) is 4.77. The largest absolute Gasteiger partial charge is 0.494 e. The van der Waals surface area contributed by atoms with Crippen molar-refractivity contribution in [3.63, 3.8) is 0 Å². The van der Waals surface area contributed by atoms with Crippen LogP contribution in [0.1, 0.15) is 20.3 Å². The molecule has 4 rings (SSSR count). The summed E-state index contributed by atoms with van der Waals surface area (Å²) in [4.78, 5) is 13.0. The average molecular weight is 505 g/mol. The van der Waals surface area contributed by atoms with Crippen LogP contribution in [0.3, 0.4) is 0 Å². The number of ether oxygens (including phenoxy) is 2. The number of hydrogen-bond acceptors (Lipinski definition) is 5. The fourth-order valence-corrected chi connectivity index (χ4v) is 4.77. The normalized spacial score (nSPS) is 12.1. The predicted molar refractivity (Wildman–Crippen MR) is 142 cm³/mol. The summed E-state index contributed by atoms with van der Waals surface area (Å²) in [6, 6.07) is 26.2. The number of nitrogens with one attached hydrogen (secondary N) is 2. The molecule has 0 heterocycles. The molecule has 36 heavy (non-hydrogen) atoms. The van der Waals surface area contributed by atoms with Crippen molar-refractivity contribution in [1.82, 2.24) is 0 Å². The Morgan fingerprint density at radius 3 is 2.19 bits per heavy atom. The van der Waals surface area contributed by atoms with E-state index in [4.69, 9.17) is 9.47 Å². The standard InChI is InChI=1S/C28H28N2O5S/c1-3-26(35-27-11-7-9-20-8-5-6-10-25(20)27)28(31)29-21-14-18-24(19-15-21)36(32,33)30-22-12-16-23(17-13-22)34-4-2/h5-19,26,30H,3-4H2,1-2H3,(H,29,31). The van der Waals surface area contributed by atoms with Crippen LogP contribution < -0.4 is 19.5 Å². The van der Waals surface area contributed by atoms with Crippen LogP contribution in [-0.2, 0) is 14.8 Å². The van der Waals surface area contributed by atoms with Crippen molar-refractivity contribution in [2.45, 2.75) is 31.3 Å². The van der Waals surface area contributed by atoms with E-state index >= 15 is 0 Å². The highest BCUT2D eigenvalue weighted by atomic mass is 32.2. The fourth-order valence-electron chi connectivity index (χ4n) is 3.71. The molecule has 0 saturated carbocycles. The van der Waals surface area contributed by atoms with Crippen molar-refractivity contribution < 1.29 is 22.7 Å². The second kappa shape index (κ2) is 11.1. The molecule has 2 N–H and O–H groups in total. The van der Waals surface area contributed by atoms with Crippen molar-refractivity contribution in [2.75, 3.05) is 16.6 Å². The van der Waals surface area contributed by atoms with Gasteiger partial charge in [-0.3, -0.25) is 9.52 Å². The fraction of sp³-hybridized carbons (Fsp3) is 0.179. The van der Waals surface area contributed by atoms with E-state index in [1.165, 1.54) is 12.1 Å². The van der Waals surface area contributed by atoms with E-state index < -0.39 is 16.1 Å². The molecule has 0 aliphatic rings. The maximum atomic E-state index is 12.9. The Morgan fingerprint density at radius 1 is 0.833 bits per heavy atom. The van der Waals surface area contributed by atoms with Gasteiger partial charge in [0.2, 0.25) is 0 Å². The summed E-state index contributed by atoms with van der Waals surface area (Å²) < 4.78 is 39.5. The lowest BCUT2D eigenvalue weighted by atomic mass is 10.1. The van der Waals surface area contributed by atoms with Gasteiger partial charge in [-0.2, -0.15) is 0 Å². The number of anilines is 2. The molecule has 0 aliphatic carbocycles. The molecule has 0 aromatic heterocycles. The summed E-state index contributed by atoms with van der Waals surface area (Å²) in [6.07, 6.45) is -0.242. The van der Waals surface area contributed by atoms with Crippen LogP contribution in [0.2, 0.25) is 0 Å². The van der Waals surface area contributed by atoms with E-state index in [1.807, 2.05) is 56.3 Å². The third kappa shape index (κ3) is 5.95. The van der Waals surface area contributed by atoms with Gasteiger partial charge in [0.1, 0.15) is 11.5 Å². The van der Waals surface area contributed by atoms with Crippen molar-refractivity contribution in [2.24, 2.45) is 0 Å². The van der Waals surface area contributed by atoms with Crippen molar-refractivity contribution in [3.8, 4) is 11.5 Å². The molecular formula is C28H28N2O5S. The van der Waals surface area contributed by atoms with E-state index in [0.717, 1.165) is 10.8 Å². The molecule has 8 heteroatoms. The Labute approximate surface area is 211 Å². The Hall–Kier alpha value is -4.04. The van der Waals surface area contributed by atoms with Crippen molar-refractivity contribution >= 4 is 38.1 Å². The van der Waals surface area contributed by atoms with E-state index in [1.54, 1.807) is 36.4 Å². The monoisotopic (exact) mass is 504 g/mol. The van der Waals surface area contributed by atoms with Crippen LogP contribution in [-0.4, -0.2) is 27.0 Å². The van der Waals surface area contributed by atoms with Crippen molar-refractivity contribution in [3.05, 3.63) is 91.0 Å². The Bertz CT molecular complexity index is 1430. The van der Waals surface area contributed by atoms with Gasteiger partial charge in [0, 0.05) is 16.8 Å². The number of amides is 1. The first-order chi connectivity index (χ1) is 17.4. The third-order valence-corrected chi connectivity index (χ3v) is 6.93. The van der Waals surface area contributed by atoms with Gasteiger partial charge < -0.3 is 14.8 Å². The topological polar surface area (TPSA) is 93.7 Å². The second-order valence-corrected chi connectivity index (χ2v) is 9.75. The number of carbonyl (C=O) groups excluding carboxylic acids is 1. The van der Waals surface area contributed by atoms with Gasteiger partial charge in [-0.25, -0.2) is 8.42 Å². The Balaban J connectivity index is 1.42. The lowest BCUT2D eigenvalue weighted by Gasteiger charge is -2.18. The zero-order valence-corrected chi connectivity index (χ0v) is 20.9. The third-order valence-electron chi connectivity index (χ3n) is 5.53. The number of benzene rings is 4. The smallest absolute Gasteiger partial charge is 0.265 e. The number of fused-ring (bicyclic) bond motifs is 1. The molecular weight excluding hydrogens is 476 g/mol. The molecule has 1 atom stereocenters. The molecule has 0 aliphatic heterocycles. The number of rotatable bonds is 10. The van der Waals surface area contributed by atoms with E-state index in [0.29, 0.717) is 35.9 Å². The van der Waals surface area contributed by atoms with Gasteiger partial charge in [-0.1, -0.05) is 43.3 Å². The van der Waals surface area contributed by atoms with E-state index in [9.17, 15) is 13.2 Å². The van der Waals surface area contributed by atoms with Crippen molar-refractivity contribution in [1.29, 1.82) is 0 Å². The maximum absolute atomic E-state index is 12.9. The molecule has 1 unspecified atom stereocenters. The summed E-state index contributed by atoms with van der Waals surface area (Å²) in [6.45, 7) is 4.28. The van der Waals surface area contributed by atoms with E-state index in [-0.39, 0.29) is 10.8 Å². The minimum absolute atomic E-state index is 0.0773. The summed E-state index contributed by atoms with van der Waals surface area (Å²) in [5.41, 5.74) is 0.896. The van der Waals surface area contributed by atoms with E-state index in [2.05, 4.69) is 10.0 Å². The van der Waals surface area contributed by atoms with Crippen LogP contribution >= 0.6 is 0 Å². The zero-order valence-electron chi connectivity index (χ0n) is 20.1. The zero-order chi connectivity index (χ0) is 25.5. The van der Waals surface area contributed by atoms with Gasteiger partial charge in [0.05, 0.1) is 11.5 Å². The number of hydrogen-bond donors (Lipinski definition) is 2. The second-order valence-electron chi connectivity index (χ2n) is 8.07. The molecule has 186 valence electrons. The molecule has 4 aromatic rings. The molecule has 1 amide bonds. The van der Waals surface area contributed by atoms with Crippen LogP contribution in [0, 0.1) is 0 Å². The van der Waals surface area contributed by atoms with Gasteiger partial charge in [0.25, 0.3) is 15.9 Å². The van der Waals surface area contributed by atoms with Gasteiger partial charge in [0.15, 0.2) is 6.10 Å². The van der Waals surface area contributed by atoms with Crippen LogP contribution in [0.5, 0.6) is 11.5 Å². The quantitative estimate of drug-likeness (QED) is 0.283. The Morgan fingerprint density at radius 2 is 1.50 bits per heavy atom. The number of carbonyl (C=O) groups is 1. The molecule has 7 nitrogen and oxygen atoms in total. The minimum atomic E-state index is -3.79. The SMILES string of the molecule is CCOc1ccc(NS(=O)(=O)c2ccc(NC(=O)C(CC)Oc3cccc4ccccc34)cc2)cc1. The average Bonchev–Trinajstić information content (AvgIpc) is 2.88. The highest BCUT2D eigenvalue weighted by molar-refractivity contribution is 7.92. The highest BCUT2D eigenvalue weighted by Gasteiger charge is 2.20. The molecule has 0 radical (unpaired) electrons. The first-order valence-electron chi connectivity index (χ1n) is 11.7. The van der Waals surface area contributed by atoms with Crippen LogP contribution in [0.4, 0.5) is 11.4 Å². The summed E-state index contributed by atoms with van der Waals surface area (Å²) in [7, 11) is -3.79. The highest BCUT2D eigenvalue weighted by Crippen LogP contribution is 2.27. The van der Waals surface area contributed by atoms with Gasteiger partial charge >= 0.3 is 0 Å². The molecule has 0 fully saturated rings.